The Morgan fingerprint density at radius 1 is 1.33 bits per heavy atom. The fourth-order valence-corrected chi connectivity index (χ4v) is 1.98. The first-order valence-corrected chi connectivity index (χ1v) is 5.28. The molecule has 0 bridgehead atoms. The first-order chi connectivity index (χ1) is 7.33. The molecule has 0 N–H and O–H groups in total. The highest BCUT2D eigenvalue weighted by molar-refractivity contribution is 5.79. The molecule has 2 aliphatic rings. The van der Waals surface area contributed by atoms with Gasteiger partial charge < -0.3 is 9.47 Å². The number of carbonyl (C=O) groups is 1. The normalized spacial score (nSPS) is 22.3. The van der Waals surface area contributed by atoms with Crippen molar-refractivity contribution < 1.29 is 14.3 Å². The smallest absolute Gasteiger partial charge is 0.343 e. The summed E-state index contributed by atoms with van der Waals surface area (Å²) in [7, 11) is 0. The Balaban J connectivity index is 1.77. The monoisotopic (exact) mass is 204 g/mol. The Kier molecular flexibility index (Phi) is 1.99. The van der Waals surface area contributed by atoms with Crippen LogP contribution in [0.2, 0.25) is 0 Å². The van der Waals surface area contributed by atoms with Crippen LogP contribution in [0.4, 0.5) is 0 Å². The molecule has 1 aromatic carbocycles. The lowest BCUT2D eigenvalue weighted by molar-refractivity contribution is -0.135. The van der Waals surface area contributed by atoms with E-state index < -0.39 is 0 Å². The van der Waals surface area contributed by atoms with Crippen LogP contribution in [-0.2, 0) is 22.4 Å². The van der Waals surface area contributed by atoms with E-state index in [2.05, 4.69) is 6.07 Å². The van der Waals surface area contributed by atoms with E-state index in [1.165, 1.54) is 17.5 Å². The molecule has 3 heteroatoms. The average molecular weight is 204 g/mol. The van der Waals surface area contributed by atoms with Crippen LogP contribution in [0.15, 0.2) is 18.2 Å². The van der Waals surface area contributed by atoms with Gasteiger partial charge in [0, 0.05) is 0 Å². The van der Waals surface area contributed by atoms with E-state index in [-0.39, 0.29) is 12.1 Å². The molecule has 0 saturated carbocycles. The molecule has 1 heterocycles. The Hall–Kier alpha value is -1.35. The van der Waals surface area contributed by atoms with Crippen LogP contribution in [0.3, 0.4) is 0 Å². The van der Waals surface area contributed by atoms with Gasteiger partial charge in [-0.05, 0) is 42.5 Å². The molecule has 15 heavy (non-hydrogen) atoms. The molecule has 1 atom stereocenters. The second-order valence-electron chi connectivity index (χ2n) is 4.03. The largest absolute Gasteiger partial charge is 0.425 e. The maximum absolute atomic E-state index is 11.3. The molecule has 1 unspecified atom stereocenters. The van der Waals surface area contributed by atoms with Crippen molar-refractivity contribution in [1.82, 2.24) is 0 Å². The summed E-state index contributed by atoms with van der Waals surface area (Å²) >= 11 is 0. The van der Waals surface area contributed by atoms with Gasteiger partial charge in [0.15, 0.2) is 6.10 Å². The number of carbonyl (C=O) groups excluding carboxylic acids is 1. The fraction of sp³-hybridized carbons (Fsp3) is 0.417. The summed E-state index contributed by atoms with van der Waals surface area (Å²) in [6.45, 7) is 0.504. The predicted octanol–water partition coefficient (Wildman–Crippen LogP) is 1.48. The fourth-order valence-electron chi connectivity index (χ4n) is 1.98. The number of aryl methyl sites for hydroxylation is 2. The highest BCUT2D eigenvalue weighted by atomic mass is 16.6. The minimum Gasteiger partial charge on any atom is -0.425 e. The minimum absolute atomic E-state index is 0.270. The molecular formula is C12H12O3. The quantitative estimate of drug-likeness (QED) is 0.416. The zero-order valence-corrected chi connectivity index (χ0v) is 8.36. The zero-order valence-electron chi connectivity index (χ0n) is 8.36. The van der Waals surface area contributed by atoms with Crippen LogP contribution in [0.1, 0.15) is 17.5 Å². The number of epoxide rings is 1. The minimum atomic E-state index is -0.321. The van der Waals surface area contributed by atoms with Crippen molar-refractivity contribution in [1.29, 1.82) is 0 Å². The molecule has 1 aliphatic carbocycles. The van der Waals surface area contributed by atoms with Crippen molar-refractivity contribution in [2.24, 2.45) is 0 Å². The molecule has 3 nitrogen and oxygen atoms in total. The lowest BCUT2D eigenvalue weighted by atomic mass is 10.1. The first kappa shape index (κ1) is 8.92. The third-order valence-electron chi connectivity index (χ3n) is 2.88. The molecule has 1 fully saturated rings. The van der Waals surface area contributed by atoms with E-state index >= 15 is 0 Å². The third-order valence-corrected chi connectivity index (χ3v) is 2.88. The molecule has 78 valence electrons. The molecular weight excluding hydrogens is 192 g/mol. The summed E-state index contributed by atoms with van der Waals surface area (Å²) in [5.74, 6) is 0.379. The summed E-state index contributed by atoms with van der Waals surface area (Å²) in [6.07, 6.45) is 3.13. The molecule has 0 aromatic heterocycles. The van der Waals surface area contributed by atoms with Gasteiger partial charge >= 0.3 is 5.97 Å². The zero-order chi connectivity index (χ0) is 10.3. The summed E-state index contributed by atoms with van der Waals surface area (Å²) in [6, 6.07) is 5.89. The van der Waals surface area contributed by atoms with Crippen molar-refractivity contribution in [3.8, 4) is 5.75 Å². The maximum atomic E-state index is 11.3. The van der Waals surface area contributed by atoms with Crippen molar-refractivity contribution in [2.75, 3.05) is 6.61 Å². The van der Waals surface area contributed by atoms with Crippen molar-refractivity contribution in [3.63, 3.8) is 0 Å². The van der Waals surface area contributed by atoms with Crippen LogP contribution in [0.5, 0.6) is 5.75 Å². The SMILES string of the molecule is O=C(Oc1ccc2c(c1)CCC2)C1CO1. The van der Waals surface area contributed by atoms with Crippen molar-refractivity contribution in [3.05, 3.63) is 29.3 Å². The van der Waals surface area contributed by atoms with Gasteiger partial charge in [-0.15, -0.1) is 0 Å². The van der Waals surface area contributed by atoms with Gasteiger partial charge in [-0.25, -0.2) is 4.79 Å². The van der Waals surface area contributed by atoms with Crippen LogP contribution < -0.4 is 4.74 Å². The van der Waals surface area contributed by atoms with Gasteiger partial charge in [0.05, 0.1) is 6.61 Å². The van der Waals surface area contributed by atoms with Gasteiger partial charge in [-0.3, -0.25) is 0 Å². The van der Waals surface area contributed by atoms with E-state index in [1.807, 2.05) is 12.1 Å². The second-order valence-corrected chi connectivity index (χ2v) is 4.03. The number of benzene rings is 1. The van der Waals surface area contributed by atoms with Crippen molar-refractivity contribution >= 4 is 5.97 Å². The highest BCUT2D eigenvalue weighted by Crippen LogP contribution is 2.26. The Labute approximate surface area is 88.0 Å². The van der Waals surface area contributed by atoms with Gasteiger partial charge in [-0.2, -0.15) is 0 Å². The molecule has 0 spiro atoms. The van der Waals surface area contributed by atoms with E-state index in [4.69, 9.17) is 9.47 Å². The number of esters is 1. The summed E-state index contributed by atoms with van der Waals surface area (Å²) < 4.78 is 10.1. The average Bonchev–Trinajstić information content (AvgIpc) is 2.98. The standard InChI is InChI=1S/C12H12O3/c13-12(11-7-14-11)15-10-5-4-8-2-1-3-9(8)6-10/h4-6,11H,1-3,7H2. The van der Waals surface area contributed by atoms with E-state index in [0.29, 0.717) is 12.4 Å². The van der Waals surface area contributed by atoms with Gasteiger partial charge in [0.1, 0.15) is 5.75 Å². The lowest BCUT2D eigenvalue weighted by Crippen LogP contribution is -2.14. The van der Waals surface area contributed by atoms with E-state index in [1.54, 1.807) is 0 Å². The first-order valence-electron chi connectivity index (χ1n) is 5.28. The van der Waals surface area contributed by atoms with Crippen LogP contribution in [0.25, 0.3) is 0 Å². The van der Waals surface area contributed by atoms with Gasteiger partial charge in [0.25, 0.3) is 0 Å². The molecule has 1 aliphatic heterocycles. The molecule has 1 saturated heterocycles. The molecule has 0 radical (unpaired) electrons. The van der Waals surface area contributed by atoms with Crippen LogP contribution >= 0.6 is 0 Å². The highest BCUT2D eigenvalue weighted by Gasteiger charge is 2.33. The summed E-state index contributed by atoms with van der Waals surface area (Å²) in [5, 5.41) is 0. The molecule has 3 rings (SSSR count). The van der Waals surface area contributed by atoms with Gasteiger partial charge in [0.2, 0.25) is 0 Å². The topological polar surface area (TPSA) is 38.8 Å². The number of fused-ring (bicyclic) bond motifs is 1. The number of hydrogen-bond donors (Lipinski definition) is 0. The molecule has 0 amide bonds. The van der Waals surface area contributed by atoms with Crippen LogP contribution in [0, 0.1) is 0 Å². The third kappa shape index (κ3) is 1.75. The predicted molar refractivity (Wildman–Crippen MR) is 53.8 cm³/mol. The second kappa shape index (κ2) is 3.35. The van der Waals surface area contributed by atoms with Crippen molar-refractivity contribution in [2.45, 2.75) is 25.4 Å². The van der Waals surface area contributed by atoms with Crippen LogP contribution in [-0.4, -0.2) is 18.7 Å². The van der Waals surface area contributed by atoms with Gasteiger partial charge in [-0.1, -0.05) is 6.07 Å². The lowest BCUT2D eigenvalue weighted by Gasteiger charge is -2.04. The number of hydrogen-bond acceptors (Lipinski definition) is 3. The number of rotatable bonds is 2. The molecule has 1 aromatic rings. The summed E-state index contributed by atoms with van der Waals surface area (Å²) in [5.41, 5.74) is 2.70. The van der Waals surface area contributed by atoms with E-state index in [9.17, 15) is 4.79 Å². The summed E-state index contributed by atoms with van der Waals surface area (Å²) in [4.78, 5) is 11.3. The Morgan fingerprint density at radius 2 is 2.13 bits per heavy atom. The maximum Gasteiger partial charge on any atom is 0.343 e. The van der Waals surface area contributed by atoms with E-state index in [0.717, 1.165) is 12.8 Å². The number of ether oxygens (including phenoxy) is 2. The Morgan fingerprint density at radius 3 is 2.93 bits per heavy atom. The Bertz CT molecular complexity index is 407.